The molecule has 1 N–H and O–H groups in total. The molecule has 1 saturated carbocycles. The number of nitrogens with one attached hydrogen (secondary N) is 1. The molecular formula is C17H26N2O. The molecule has 2 atom stereocenters. The van der Waals surface area contributed by atoms with Crippen LogP contribution in [0.25, 0.3) is 0 Å². The molecule has 1 heterocycles. The molecule has 2 fully saturated rings. The number of hydrogen-bond acceptors (Lipinski definition) is 3. The Hall–Kier alpha value is -1.06. The van der Waals surface area contributed by atoms with E-state index in [1.165, 1.54) is 31.4 Å². The van der Waals surface area contributed by atoms with Crippen molar-refractivity contribution in [1.82, 2.24) is 10.2 Å². The molecule has 1 saturated heterocycles. The summed E-state index contributed by atoms with van der Waals surface area (Å²) < 4.78 is 5.78. The minimum Gasteiger partial charge on any atom is -0.492 e. The SMILES string of the molecule is Cc1cccc(OCCNC2CC(C)N(C3CC3)C2)c1. The molecule has 1 aliphatic heterocycles. The minimum absolute atomic E-state index is 0.645. The number of ether oxygens (including phenoxy) is 1. The van der Waals surface area contributed by atoms with E-state index in [4.69, 9.17) is 4.74 Å². The molecule has 0 bridgehead atoms. The van der Waals surface area contributed by atoms with Gasteiger partial charge < -0.3 is 10.1 Å². The third kappa shape index (κ3) is 3.53. The van der Waals surface area contributed by atoms with Gasteiger partial charge in [-0.15, -0.1) is 0 Å². The van der Waals surface area contributed by atoms with Crippen LogP contribution in [0.2, 0.25) is 0 Å². The van der Waals surface area contributed by atoms with E-state index in [1.54, 1.807) is 0 Å². The number of hydrogen-bond donors (Lipinski definition) is 1. The maximum absolute atomic E-state index is 5.78. The van der Waals surface area contributed by atoms with Crippen molar-refractivity contribution in [3.63, 3.8) is 0 Å². The first kappa shape index (κ1) is 13.9. The first-order valence-electron chi connectivity index (χ1n) is 7.91. The second-order valence-electron chi connectivity index (χ2n) is 6.33. The van der Waals surface area contributed by atoms with Crippen molar-refractivity contribution in [3.05, 3.63) is 29.8 Å². The number of likely N-dealkylation sites (tertiary alicyclic amines) is 1. The molecule has 110 valence electrons. The lowest BCUT2D eigenvalue weighted by Crippen LogP contribution is -2.36. The zero-order valence-corrected chi connectivity index (χ0v) is 12.6. The van der Waals surface area contributed by atoms with Crippen LogP contribution < -0.4 is 10.1 Å². The standard InChI is InChI=1S/C17H26N2O/c1-13-4-3-5-17(10-13)20-9-8-18-15-11-14(2)19(12-15)16-6-7-16/h3-5,10,14-16,18H,6-9,11-12H2,1-2H3. The molecule has 3 heteroatoms. The van der Waals surface area contributed by atoms with Crippen molar-refractivity contribution in [2.45, 2.75) is 51.2 Å². The van der Waals surface area contributed by atoms with E-state index in [1.807, 2.05) is 12.1 Å². The number of rotatable bonds is 6. The van der Waals surface area contributed by atoms with Crippen molar-refractivity contribution in [1.29, 1.82) is 0 Å². The van der Waals surface area contributed by atoms with Crippen molar-refractivity contribution in [2.75, 3.05) is 19.7 Å². The fourth-order valence-corrected chi connectivity index (χ4v) is 3.26. The van der Waals surface area contributed by atoms with Crippen LogP contribution in [-0.4, -0.2) is 42.7 Å². The molecule has 0 radical (unpaired) electrons. The summed E-state index contributed by atoms with van der Waals surface area (Å²) in [6.07, 6.45) is 4.10. The molecule has 1 aromatic rings. The third-order valence-corrected chi connectivity index (χ3v) is 4.43. The zero-order chi connectivity index (χ0) is 13.9. The van der Waals surface area contributed by atoms with E-state index in [0.29, 0.717) is 6.04 Å². The highest BCUT2D eigenvalue weighted by Crippen LogP contribution is 2.33. The van der Waals surface area contributed by atoms with Crippen LogP contribution >= 0.6 is 0 Å². The lowest BCUT2D eigenvalue weighted by atomic mass is 10.2. The molecule has 0 amide bonds. The zero-order valence-electron chi connectivity index (χ0n) is 12.6. The maximum atomic E-state index is 5.78. The Kier molecular flexibility index (Phi) is 4.27. The number of aryl methyl sites for hydroxylation is 1. The Balaban J connectivity index is 1.36. The van der Waals surface area contributed by atoms with E-state index in [0.717, 1.165) is 31.0 Å². The molecule has 0 aromatic heterocycles. The summed E-state index contributed by atoms with van der Waals surface area (Å²) >= 11 is 0. The highest BCUT2D eigenvalue weighted by Gasteiger charge is 2.38. The van der Waals surface area contributed by atoms with Crippen LogP contribution in [0.1, 0.15) is 31.7 Å². The van der Waals surface area contributed by atoms with Gasteiger partial charge in [0.2, 0.25) is 0 Å². The van der Waals surface area contributed by atoms with Crippen LogP contribution in [0.3, 0.4) is 0 Å². The quantitative estimate of drug-likeness (QED) is 0.807. The van der Waals surface area contributed by atoms with Crippen molar-refractivity contribution >= 4 is 0 Å². The summed E-state index contributed by atoms with van der Waals surface area (Å²) in [6, 6.07) is 10.5. The van der Waals surface area contributed by atoms with E-state index >= 15 is 0 Å². The van der Waals surface area contributed by atoms with Gasteiger partial charge in [-0.3, -0.25) is 4.90 Å². The largest absolute Gasteiger partial charge is 0.492 e. The average Bonchev–Trinajstić information content (AvgIpc) is 3.19. The van der Waals surface area contributed by atoms with Gasteiger partial charge in [0.1, 0.15) is 12.4 Å². The summed E-state index contributed by atoms with van der Waals surface area (Å²) in [5.41, 5.74) is 1.25. The van der Waals surface area contributed by atoms with Gasteiger partial charge in [0, 0.05) is 31.2 Å². The van der Waals surface area contributed by atoms with E-state index in [9.17, 15) is 0 Å². The lowest BCUT2D eigenvalue weighted by Gasteiger charge is -2.19. The van der Waals surface area contributed by atoms with Gasteiger partial charge in [-0.05, 0) is 50.8 Å². The lowest BCUT2D eigenvalue weighted by molar-refractivity contribution is 0.253. The van der Waals surface area contributed by atoms with Crippen molar-refractivity contribution < 1.29 is 4.74 Å². The number of benzene rings is 1. The molecule has 1 aromatic carbocycles. The Morgan fingerprint density at radius 2 is 2.20 bits per heavy atom. The maximum Gasteiger partial charge on any atom is 0.119 e. The smallest absolute Gasteiger partial charge is 0.119 e. The Bertz CT molecular complexity index is 444. The normalized spacial score (nSPS) is 26.9. The summed E-state index contributed by atoms with van der Waals surface area (Å²) in [5.74, 6) is 0.978. The first-order chi connectivity index (χ1) is 9.72. The first-order valence-corrected chi connectivity index (χ1v) is 7.91. The summed E-state index contributed by atoms with van der Waals surface area (Å²) in [5, 5.41) is 3.64. The minimum atomic E-state index is 0.645. The summed E-state index contributed by atoms with van der Waals surface area (Å²) in [4.78, 5) is 2.68. The highest BCUT2D eigenvalue weighted by atomic mass is 16.5. The molecule has 2 unspecified atom stereocenters. The second-order valence-corrected chi connectivity index (χ2v) is 6.33. The van der Waals surface area contributed by atoms with Gasteiger partial charge in [0.25, 0.3) is 0 Å². The van der Waals surface area contributed by atoms with Crippen LogP contribution in [0.4, 0.5) is 0 Å². The van der Waals surface area contributed by atoms with Gasteiger partial charge in [0.15, 0.2) is 0 Å². The van der Waals surface area contributed by atoms with Gasteiger partial charge in [-0.1, -0.05) is 12.1 Å². The van der Waals surface area contributed by atoms with Crippen LogP contribution in [0.5, 0.6) is 5.75 Å². The second kappa shape index (κ2) is 6.15. The van der Waals surface area contributed by atoms with E-state index in [-0.39, 0.29) is 0 Å². The molecule has 1 aliphatic carbocycles. The highest BCUT2D eigenvalue weighted by molar-refractivity contribution is 5.27. The average molecular weight is 274 g/mol. The molecule has 3 nitrogen and oxygen atoms in total. The topological polar surface area (TPSA) is 24.5 Å². The van der Waals surface area contributed by atoms with Crippen molar-refractivity contribution in [2.24, 2.45) is 0 Å². The summed E-state index contributed by atoms with van der Waals surface area (Å²) in [7, 11) is 0. The molecule has 2 aliphatic rings. The van der Waals surface area contributed by atoms with Gasteiger partial charge in [0.05, 0.1) is 0 Å². The molecule has 3 rings (SSSR count). The fraction of sp³-hybridized carbons (Fsp3) is 0.647. The van der Waals surface area contributed by atoms with Crippen LogP contribution in [0.15, 0.2) is 24.3 Å². The Morgan fingerprint density at radius 1 is 1.35 bits per heavy atom. The van der Waals surface area contributed by atoms with E-state index in [2.05, 4.69) is 36.2 Å². The molecule has 20 heavy (non-hydrogen) atoms. The van der Waals surface area contributed by atoms with Crippen LogP contribution in [-0.2, 0) is 0 Å². The predicted molar refractivity (Wildman–Crippen MR) is 82.3 cm³/mol. The molecular weight excluding hydrogens is 248 g/mol. The predicted octanol–water partition coefficient (Wildman–Crippen LogP) is 2.59. The Morgan fingerprint density at radius 3 is 2.95 bits per heavy atom. The van der Waals surface area contributed by atoms with E-state index < -0.39 is 0 Å². The third-order valence-electron chi connectivity index (χ3n) is 4.43. The van der Waals surface area contributed by atoms with Crippen molar-refractivity contribution in [3.8, 4) is 5.75 Å². The van der Waals surface area contributed by atoms with Gasteiger partial charge >= 0.3 is 0 Å². The van der Waals surface area contributed by atoms with Gasteiger partial charge in [-0.2, -0.15) is 0 Å². The van der Waals surface area contributed by atoms with Crippen LogP contribution in [0, 0.1) is 6.92 Å². The number of nitrogens with zero attached hydrogens (tertiary/aromatic N) is 1. The molecule has 0 spiro atoms. The monoisotopic (exact) mass is 274 g/mol. The Labute approximate surface area is 122 Å². The summed E-state index contributed by atoms with van der Waals surface area (Å²) in [6.45, 7) is 7.36. The fourth-order valence-electron chi connectivity index (χ4n) is 3.26. The van der Waals surface area contributed by atoms with Gasteiger partial charge in [-0.25, -0.2) is 0 Å².